The van der Waals surface area contributed by atoms with Crippen molar-refractivity contribution in [2.75, 3.05) is 19.7 Å². The van der Waals surface area contributed by atoms with Gasteiger partial charge in [-0.2, -0.15) is 0 Å². The number of hydrogen-bond donors (Lipinski definition) is 0. The van der Waals surface area contributed by atoms with Crippen LogP contribution in [0.1, 0.15) is 18.9 Å². The zero-order valence-electron chi connectivity index (χ0n) is 11.6. The largest absolute Gasteiger partial charge is 0.461 e. The molecule has 1 aliphatic rings. The Balaban J connectivity index is 1.69. The second-order valence-corrected chi connectivity index (χ2v) is 4.82. The van der Waals surface area contributed by atoms with Gasteiger partial charge in [-0.15, -0.1) is 0 Å². The molecule has 0 unspecified atom stereocenters. The van der Waals surface area contributed by atoms with Gasteiger partial charge in [-0.1, -0.05) is 30.3 Å². The lowest BCUT2D eigenvalue weighted by Gasteiger charge is -2.16. The Bertz CT molecular complexity index is 460. The fourth-order valence-corrected chi connectivity index (χ4v) is 2.22. The normalized spacial score (nSPS) is 17.9. The molecule has 0 bridgehead atoms. The van der Waals surface area contributed by atoms with Crippen molar-refractivity contribution in [2.45, 2.75) is 25.9 Å². The molecule has 0 aliphatic carbocycles. The van der Waals surface area contributed by atoms with Gasteiger partial charge < -0.3 is 14.4 Å². The first-order chi connectivity index (χ1) is 9.65. The van der Waals surface area contributed by atoms with E-state index in [9.17, 15) is 9.59 Å². The Morgan fingerprint density at radius 2 is 2.05 bits per heavy atom. The molecule has 1 atom stereocenters. The minimum absolute atomic E-state index is 0.200. The van der Waals surface area contributed by atoms with Crippen LogP contribution in [0, 0.1) is 0 Å². The zero-order chi connectivity index (χ0) is 14.4. The van der Waals surface area contributed by atoms with E-state index in [0.717, 1.165) is 5.56 Å². The standard InChI is InChI=1S/C15H19NO4/c1-12(17)20-14-7-9-16(11-14)15(18)19-10-8-13-5-3-2-4-6-13/h2-6,14H,7-11H2,1H3/t14-/m0/s1. The SMILES string of the molecule is CC(=O)O[C@H]1CCN(C(=O)OCCc2ccccc2)C1. The van der Waals surface area contributed by atoms with Crippen LogP contribution in [0.4, 0.5) is 4.79 Å². The van der Waals surface area contributed by atoms with Gasteiger partial charge in [0, 0.05) is 26.3 Å². The van der Waals surface area contributed by atoms with Crippen LogP contribution in [0.5, 0.6) is 0 Å². The number of esters is 1. The topological polar surface area (TPSA) is 55.8 Å². The summed E-state index contributed by atoms with van der Waals surface area (Å²) in [6, 6.07) is 9.87. The van der Waals surface area contributed by atoms with E-state index < -0.39 is 0 Å². The Labute approximate surface area is 118 Å². The number of ether oxygens (including phenoxy) is 2. The molecule has 5 heteroatoms. The molecule has 1 heterocycles. The predicted octanol–water partition coefficient (Wildman–Crippen LogP) is 2.00. The Hall–Kier alpha value is -2.04. The van der Waals surface area contributed by atoms with Crippen molar-refractivity contribution in [3.63, 3.8) is 0 Å². The first-order valence-corrected chi connectivity index (χ1v) is 6.78. The summed E-state index contributed by atoms with van der Waals surface area (Å²) >= 11 is 0. The van der Waals surface area contributed by atoms with E-state index in [1.165, 1.54) is 6.92 Å². The summed E-state index contributed by atoms with van der Waals surface area (Å²) in [5.74, 6) is -0.311. The third-order valence-electron chi connectivity index (χ3n) is 3.19. The number of benzene rings is 1. The fraction of sp³-hybridized carbons (Fsp3) is 0.467. The number of amides is 1. The third-order valence-corrected chi connectivity index (χ3v) is 3.19. The number of rotatable bonds is 4. The maximum atomic E-state index is 11.8. The minimum atomic E-state index is -0.337. The lowest BCUT2D eigenvalue weighted by atomic mass is 10.2. The highest BCUT2D eigenvalue weighted by atomic mass is 16.6. The molecule has 1 fully saturated rings. The van der Waals surface area contributed by atoms with Crippen LogP contribution < -0.4 is 0 Å². The van der Waals surface area contributed by atoms with Crippen LogP contribution in [0.15, 0.2) is 30.3 Å². The number of hydrogen-bond acceptors (Lipinski definition) is 4. The van der Waals surface area contributed by atoms with Gasteiger partial charge >= 0.3 is 12.1 Å². The van der Waals surface area contributed by atoms with Crippen LogP contribution in [0.2, 0.25) is 0 Å². The summed E-state index contributed by atoms with van der Waals surface area (Å²) in [5.41, 5.74) is 1.14. The van der Waals surface area contributed by atoms with Gasteiger partial charge in [0.15, 0.2) is 0 Å². The van der Waals surface area contributed by atoms with Gasteiger partial charge in [-0.25, -0.2) is 4.79 Å². The van der Waals surface area contributed by atoms with Gasteiger partial charge in [0.25, 0.3) is 0 Å². The molecule has 5 nitrogen and oxygen atoms in total. The summed E-state index contributed by atoms with van der Waals surface area (Å²) in [4.78, 5) is 24.3. The lowest BCUT2D eigenvalue weighted by Crippen LogP contribution is -2.31. The van der Waals surface area contributed by atoms with Crippen LogP contribution >= 0.6 is 0 Å². The van der Waals surface area contributed by atoms with E-state index in [4.69, 9.17) is 9.47 Å². The number of carbonyl (C=O) groups is 2. The van der Waals surface area contributed by atoms with Crippen LogP contribution in [-0.4, -0.2) is 42.8 Å². The van der Waals surface area contributed by atoms with E-state index in [2.05, 4.69) is 0 Å². The molecule has 1 aromatic rings. The van der Waals surface area contributed by atoms with Crippen LogP contribution in [0.3, 0.4) is 0 Å². The molecule has 1 saturated heterocycles. The van der Waals surface area contributed by atoms with E-state index >= 15 is 0 Å². The van der Waals surface area contributed by atoms with Crippen LogP contribution in [0.25, 0.3) is 0 Å². The summed E-state index contributed by atoms with van der Waals surface area (Å²) in [6.07, 6.45) is 0.839. The first kappa shape index (κ1) is 14.4. The molecule has 0 radical (unpaired) electrons. The maximum Gasteiger partial charge on any atom is 0.409 e. The van der Waals surface area contributed by atoms with Gasteiger partial charge in [-0.3, -0.25) is 4.79 Å². The molecule has 0 aromatic heterocycles. The highest BCUT2D eigenvalue weighted by molar-refractivity contribution is 5.69. The van der Waals surface area contributed by atoms with Crippen molar-refractivity contribution >= 4 is 12.1 Å². The van der Waals surface area contributed by atoms with Crippen molar-refractivity contribution in [2.24, 2.45) is 0 Å². The van der Waals surface area contributed by atoms with Crippen molar-refractivity contribution in [3.8, 4) is 0 Å². The predicted molar refractivity (Wildman–Crippen MR) is 73.2 cm³/mol. The van der Waals surface area contributed by atoms with Crippen molar-refractivity contribution in [1.82, 2.24) is 4.90 Å². The quantitative estimate of drug-likeness (QED) is 0.790. The van der Waals surface area contributed by atoms with E-state index in [-0.39, 0.29) is 18.2 Å². The highest BCUT2D eigenvalue weighted by Gasteiger charge is 2.28. The van der Waals surface area contributed by atoms with E-state index in [0.29, 0.717) is 32.5 Å². The molecule has 1 aliphatic heterocycles. The van der Waals surface area contributed by atoms with Gasteiger partial charge in [0.2, 0.25) is 0 Å². The molecular weight excluding hydrogens is 258 g/mol. The molecule has 0 N–H and O–H groups in total. The Morgan fingerprint density at radius 1 is 1.30 bits per heavy atom. The van der Waals surface area contributed by atoms with Crippen molar-refractivity contribution in [3.05, 3.63) is 35.9 Å². The van der Waals surface area contributed by atoms with Crippen molar-refractivity contribution < 1.29 is 19.1 Å². The highest BCUT2D eigenvalue weighted by Crippen LogP contribution is 2.14. The molecule has 0 saturated carbocycles. The number of likely N-dealkylation sites (tertiary alicyclic amines) is 1. The van der Waals surface area contributed by atoms with Gasteiger partial charge in [-0.05, 0) is 5.56 Å². The summed E-state index contributed by atoms with van der Waals surface area (Å²) in [7, 11) is 0. The smallest absolute Gasteiger partial charge is 0.409 e. The van der Waals surface area contributed by atoms with Crippen molar-refractivity contribution in [1.29, 1.82) is 0 Å². The van der Waals surface area contributed by atoms with Gasteiger partial charge in [0.1, 0.15) is 6.10 Å². The first-order valence-electron chi connectivity index (χ1n) is 6.78. The summed E-state index contributed by atoms with van der Waals surface area (Å²) < 4.78 is 10.3. The molecule has 20 heavy (non-hydrogen) atoms. The third kappa shape index (κ3) is 4.26. The Morgan fingerprint density at radius 3 is 2.75 bits per heavy atom. The summed E-state index contributed by atoms with van der Waals surface area (Å²) in [5, 5.41) is 0. The number of nitrogens with zero attached hydrogens (tertiary/aromatic N) is 1. The molecule has 1 amide bonds. The second-order valence-electron chi connectivity index (χ2n) is 4.82. The van der Waals surface area contributed by atoms with Crippen LogP contribution in [-0.2, 0) is 20.7 Å². The zero-order valence-corrected chi connectivity index (χ0v) is 11.6. The van der Waals surface area contributed by atoms with Gasteiger partial charge in [0.05, 0.1) is 13.2 Å². The summed E-state index contributed by atoms with van der Waals surface area (Å²) in [6.45, 7) is 2.73. The Kier molecular flexibility index (Phi) is 4.98. The fourth-order valence-electron chi connectivity index (χ4n) is 2.22. The van der Waals surface area contributed by atoms with E-state index in [1.54, 1.807) is 4.90 Å². The molecule has 2 rings (SSSR count). The average Bonchev–Trinajstić information content (AvgIpc) is 2.87. The molecular formula is C15H19NO4. The maximum absolute atomic E-state index is 11.8. The lowest BCUT2D eigenvalue weighted by molar-refractivity contribution is -0.145. The number of carbonyl (C=O) groups excluding carboxylic acids is 2. The molecule has 108 valence electrons. The minimum Gasteiger partial charge on any atom is -0.461 e. The van der Waals surface area contributed by atoms with E-state index in [1.807, 2.05) is 30.3 Å². The monoisotopic (exact) mass is 277 g/mol. The average molecular weight is 277 g/mol. The molecule has 1 aromatic carbocycles. The second kappa shape index (κ2) is 6.93. The molecule has 0 spiro atoms.